The van der Waals surface area contributed by atoms with Gasteiger partial charge in [-0.15, -0.1) is 0 Å². The van der Waals surface area contributed by atoms with Gasteiger partial charge in [0.1, 0.15) is 0 Å². The highest BCUT2D eigenvalue weighted by Gasteiger charge is 2.35. The third-order valence-electron chi connectivity index (χ3n) is 3.03. The van der Waals surface area contributed by atoms with Gasteiger partial charge in [-0.2, -0.15) is 0 Å². The first-order valence-corrected chi connectivity index (χ1v) is 4.56. The summed E-state index contributed by atoms with van der Waals surface area (Å²) in [5.74, 6) is 0.782. The summed E-state index contributed by atoms with van der Waals surface area (Å²) < 4.78 is 0. The SMILES string of the molecule is CNCC1(C(C)C)CCNC1. The van der Waals surface area contributed by atoms with Gasteiger partial charge >= 0.3 is 0 Å². The van der Waals surface area contributed by atoms with Crippen LogP contribution in [0.3, 0.4) is 0 Å². The minimum absolute atomic E-state index is 0.523. The molecular weight excluding hydrogens is 136 g/mol. The summed E-state index contributed by atoms with van der Waals surface area (Å²) in [6.45, 7) is 8.18. The van der Waals surface area contributed by atoms with Gasteiger partial charge < -0.3 is 10.6 Å². The fourth-order valence-electron chi connectivity index (χ4n) is 1.96. The van der Waals surface area contributed by atoms with Gasteiger partial charge in [-0.3, -0.25) is 0 Å². The molecule has 11 heavy (non-hydrogen) atoms. The number of hydrogen-bond acceptors (Lipinski definition) is 2. The van der Waals surface area contributed by atoms with E-state index in [-0.39, 0.29) is 0 Å². The molecule has 0 aromatic heterocycles. The van der Waals surface area contributed by atoms with Crippen molar-refractivity contribution in [2.24, 2.45) is 11.3 Å². The van der Waals surface area contributed by atoms with Crippen LogP contribution in [-0.4, -0.2) is 26.7 Å². The van der Waals surface area contributed by atoms with Gasteiger partial charge in [0.05, 0.1) is 0 Å². The van der Waals surface area contributed by atoms with Crippen LogP contribution in [0.15, 0.2) is 0 Å². The Morgan fingerprint density at radius 2 is 2.27 bits per heavy atom. The van der Waals surface area contributed by atoms with Gasteiger partial charge in [0, 0.05) is 13.1 Å². The Labute approximate surface area is 69.8 Å². The summed E-state index contributed by atoms with van der Waals surface area (Å²) in [4.78, 5) is 0. The molecular formula is C9H20N2. The molecule has 0 aromatic rings. The van der Waals surface area contributed by atoms with Gasteiger partial charge in [-0.25, -0.2) is 0 Å². The zero-order valence-corrected chi connectivity index (χ0v) is 7.91. The summed E-state index contributed by atoms with van der Waals surface area (Å²) in [5.41, 5.74) is 0.523. The Morgan fingerprint density at radius 3 is 2.64 bits per heavy atom. The van der Waals surface area contributed by atoms with Gasteiger partial charge in [-0.05, 0) is 31.3 Å². The lowest BCUT2D eigenvalue weighted by Crippen LogP contribution is -2.39. The number of nitrogens with one attached hydrogen (secondary N) is 2. The summed E-state index contributed by atoms with van der Waals surface area (Å²) >= 11 is 0. The quantitative estimate of drug-likeness (QED) is 0.633. The van der Waals surface area contributed by atoms with E-state index in [4.69, 9.17) is 0 Å². The lowest BCUT2D eigenvalue weighted by molar-refractivity contribution is 0.214. The highest BCUT2D eigenvalue weighted by molar-refractivity contribution is 4.91. The van der Waals surface area contributed by atoms with E-state index in [0.717, 1.165) is 12.5 Å². The average Bonchev–Trinajstić information content (AvgIpc) is 2.38. The van der Waals surface area contributed by atoms with Crippen molar-refractivity contribution in [3.8, 4) is 0 Å². The topological polar surface area (TPSA) is 24.1 Å². The Kier molecular flexibility index (Phi) is 2.90. The van der Waals surface area contributed by atoms with Crippen LogP contribution >= 0.6 is 0 Å². The molecule has 1 unspecified atom stereocenters. The van der Waals surface area contributed by atoms with E-state index >= 15 is 0 Å². The molecule has 1 rings (SSSR count). The maximum Gasteiger partial charge on any atom is 0.00229 e. The van der Waals surface area contributed by atoms with E-state index in [1.807, 2.05) is 7.05 Å². The van der Waals surface area contributed by atoms with Crippen molar-refractivity contribution >= 4 is 0 Å². The highest BCUT2D eigenvalue weighted by atomic mass is 15.0. The fraction of sp³-hybridized carbons (Fsp3) is 1.00. The van der Waals surface area contributed by atoms with Crippen molar-refractivity contribution in [2.45, 2.75) is 20.3 Å². The van der Waals surface area contributed by atoms with Gasteiger partial charge in [0.15, 0.2) is 0 Å². The van der Waals surface area contributed by atoms with Crippen molar-refractivity contribution in [3.63, 3.8) is 0 Å². The molecule has 0 aliphatic carbocycles. The summed E-state index contributed by atoms with van der Waals surface area (Å²) in [7, 11) is 2.04. The Balaban J connectivity index is 2.55. The molecule has 0 bridgehead atoms. The van der Waals surface area contributed by atoms with Gasteiger partial charge in [0.2, 0.25) is 0 Å². The van der Waals surface area contributed by atoms with E-state index in [0.29, 0.717) is 5.41 Å². The molecule has 1 heterocycles. The van der Waals surface area contributed by atoms with Crippen molar-refractivity contribution in [1.82, 2.24) is 10.6 Å². The van der Waals surface area contributed by atoms with Crippen LogP contribution < -0.4 is 10.6 Å². The average molecular weight is 156 g/mol. The zero-order valence-electron chi connectivity index (χ0n) is 7.91. The van der Waals surface area contributed by atoms with Gasteiger partial charge in [0.25, 0.3) is 0 Å². The molecule has 2 nitrogen and oxygen atoms in total. The second kappa shape index (κ2) is 3.55. The monoisotopic (exact) mass is 156 g/mol. The van der Waals surface area contributed by atoms with E-state index in [1.54, 1.807) is 0 Å². The molecule has 2 heteroatoms. The Morgan fingerprint density at radius 1 is 1.55 bits per heavy atom. The first-order chi connectivity index (χ1) is 5.21. The van der Waals surface area contributed by atoms with Gasteiger partial charge in [-0.1, -0.05) is 13.8 Å². The summed E-state index contributed by atoms with van der Waals surface area (Å²) in [5, 5.41) is 6.73. The van der Waals surface area contributed by atoms with E-state index in [9.17, 15) is 0 Å². The third-order valence-corrected chi connectivity index (χ3v) is 3.03. The van der Waals surface area contributed by atoms with Crippen LogP contribution in [-0.2, 0) is 0 Å². The van der Waals surface area contributed by atoms with Crippen LogP contribution in [0, 0.1) is 11.3 Å². The highest BCUT2D eigenvalue weighted by Crippen LogP contribution is 2.32. The van der Waals surface area contributed by atoms with E-state index < -0.39 is 0 Å². The van der Waals surface area contributed by atoms with Crippen LogP contribution in [0.25, 0.3) is 0 Å². The van der Waals surface area contributed by atoms with Crippen LogP contribution in [0.1, 0.15) is 20.3 Å². The summed E-state index contributed by atoms with van der Waals surface area (Å²) in [6.07, 6.45) is 1.32. The van der Waals surface area contributed by atoms with Crippen LogP contribution in [0.4, 0.5) is 0 Å². The predicted octanol–water partition coefficient (Wildman–Crippen LogP) is 0.841. The Hall–Kier alpha value is -0.0800. The minimum Gasteiger partial charge on any atom is -0.319 e. The maximum atomic E-state index is 3.44. The smallest absolute Gasteiger partial charge is 0.00229 e. The molecule has 1 aliphatic heterocycles. The first kappa shape index (κ1) is 9.01. The molecule has 0 saturated carbocycles. The van der Waals surface area contributed by atoms with E-state index in [2.05, 4.69) is 24.5 Å². The van der Waals surface area contributed by atoms with Crippen LogP contribution in [0.2, 0.25) is 0 Å². The maximum absolute atomic E-state index is 3.44. The molecule has 2 N–H and O–H groups in total. The van der Waals surface area contributed by atoms with Crippen molar-refractivity contribution in [2.75, 3.05) is 26.7 Å². The minimum atomic E-state index is 0.523. The predicted molar refractivity (Wildman–Crippen MR) is 48.7 cm³/mol. The standard InChI is InChI=1S/C9H20N2/c1-8(2)9(6-10-3)4-5-11-7-9/h8,10-11H,4-7H2,1-3H3. The van der Waals surface area contributed by atoms with Crippen molar-refractivity contribution in [1.29, 1.82) is 0 Å². The first-order valence-electron chi connectivity index (χ1n) is 4.56. The normalized spacial score (nSPS) is 31.6. The molecule has 0 aromatic carbocycles. The number of rotatable bonds is 3. The van der Waals surface area contributed by atoms with Crippen molar-refractivity contribution in [3.05, 3.63) is 0 Å². The van der Waals surface area contributed by atoms with Crippen molar-refractivity contribution < 1.29 is 0 Å². The zero-order chi connectivity index (χ0) is 8.32. The molecule has 0 amide bonds. The lowest BCUT2D eigenvalue weighted by Gasteiger charge is -2.32. The fourth-order valence-corrected chi connectivity index (χ4v) is 1.96. The molecule has 0 spiro atoms. The number of hydrogen-bond donors (Lipinski definition) is 2. The molecule has 1 fully saturated rings. The molecule has 1 saturated heterocycles. The van der Waals surface area contributed by atoms with Crippen LogP contribution in [0.5, 0.6) is 0 Å². The molecule has 66 valence electrons. The largest absolute Gasteiger partial charge is 0.319 e. The lowest BCUT2D eigenvalue weighted by atomic mass is 9.76. The molecule has 1 atom stereocenters. The molecule has 1 aliphatic rings. The second-order valence-electron chi connectivity index (χ2n) is 3.97. The Bertz CT molecular complexity index is 115. The molecule has 0 radical (unpaired) electrons. The van der Waals surface area contributed by atoms with E-state index in [1.165, 1.54) is 19.5 Å². The third kappa shape index (κ3) is 1.74. The summed E-state index contributed by atoms with van der Waals surface area (Å²) in [6, 6.07) is 0. The second-order valence-corrected chi connectivity index (χ2v) is 3.97.